The Labute approximate surface area is 122 Å². The molecule has 108 valence electrons. The fraction of sp³-hybridized carbons (Fsp3) is 0.643. The van der Waals surface area contributed by atoms with E-state index in [9.17, 15) is 9.90 Å². The van der Waals surface area contributed by atoms with Gasteiger partial charge in [0.05, 0.1) is 5.41 Å². The molecule has 20 heavy (non-hydrogen) atoms. The van der Waals surface area contributed by atoms with Gasteiger partial charge in [-0.1, -0.05) is 24.6 Å². The number of aliphatic carboxylic acids is 1. The molecule has 2 fully saturated rings. The van der Waals surface area contributed by atoms with Gasteiger partial charge >= 0.3 is 5.97 Å². The number of hydrogen-bond donors (Lipinski definition) is 2. The zero-order valence-corrected chi connectivity index (χ0v) is 12.4. The van der Waals surface area contributed by atoms with Crippen molar-refractivity contribution < 1.29 is 9.90 Å². The Morgan fingerprint density at radius 1 is 1.45 bits per heavy atom. The van der Waals surface area contributed by atoms with E-state index in [0.717, 1.165) is 24.2 Å². The summed E-state index contributed by atoms with van der Waals surface area (Å²) in [4.78, 5) is 20.3. The molecule has 2 N–H and O–H groups in total. The lowest BCUT2D eigenvalue weighted by Crippen LogP contribution is -2.25. The van der Waals surface area contributed by atoms with E-state index in [-0.39, 0.29) is 0 Å². The highest BCUT2D eigenvalue weighted by atomic mass is 32.2. The average molecular weight is 293 g/mol. The number of rotatable bonds is 5. The van der Waals surface area contributed by atoms with Gasteiger partial charge in [-0.2, -0.15) is 0 Å². The first-order valence-corrected chi connectivity index (χ1v) is 8.29. The zero-order chi connectivity index (χ0) is 14.2. The van der Waals surface area contributed by atoms with E-state index < -0.39 is 11.4 Å². The highest BCUT2D eigenvalue weighted by Gasteiger charge is 2.53. The quantitative estimate of drug-likeness (QED) is 0.642. The normalized spacial score (nSPS) is 20.9. The van der Waals surface area contributed by atoms with E-state index >= 15 is 0 Å². The lowest BCUT2D eigenvalue weighted by Gasteiger charge is -2.19. The molecule has 5 nitrogen and oxygen atoms in total. The Kier molecular flexibility index (Phi) is 3.58. The summed E-state index contributed by atoms with van der Waals surface area (Å²) in [6.45, 7) is 0. The number of aromatic nitrogens is 2. The topological polar surface area (TPSA) is 75.1 Å². The maximum Gasteiger partial charge on any atom is 0.314 e. The van der Waals surface area contributed by atoms with Gasteiger partial charge in [-0.15, -0.1) is 0 Å². The zero-order valence-electron chi connectivity index (χ0n) is 11.6. The summed E-state index contributed by atoms with van der Waals surface area (Å²) in [5.41, 5.74) is 0.00687. The van der Waals surface area contributed by atoms with Crippen LogP contribution >= 0.6 is 11.8 Å². The number of nitrogens with one attached hydrogen (secondary N) is 1. The fourth-order valence-electron chi connectivity index (χ4n) is 2.91. The summed E-state index contributed by atoms with van der Waals surface area (Å²) in [7, 11) is 0. The third-order valence-electron chi connectivity index (χ3n) is 4.32. The molecule has 0 atom stereocenters. The third kappa shape index (κ3) is 2.37. The van der Waals surface area contributed by atoms with E-state index in [0.29, 0.717) is 24.0 Å². The van der Waals surface area contributed by atoms with Gasteiger partial charge in [0, 0.05) is 17.8 Å². The van der Waals surface area contributed by atoms with Crippen LogP contribution in [0.25, 0.3) is 0 Å². The number of thioether (sulfide) groups is 1. The Bertz CT molecular complexity index is 525. The van der Waals surface area contributed by atoms with Gasteiger partial charge < -0.3 is 10.4 Å². The minimum atomic E-state index is -0.757. The average Bonchev–Trinajstić information content (AvgIpc) is 3.10. The molecule has 0 radical (unpaired) electrons. The smallest absolute Gasteiger partial charge is 0.314 e. The maximum absolute atomic E-state index is 11.5. The van der Waals surface area contributed by atoms with E-state index in [1.54, 1.807) is 6.20 Å². The van der Waals surface area contributed by atoms with Crippen LogP contribution in [0.1, 0.15) is 44.1 Å². The highest BCUT2D eigenvalue weighted by Crippen LogP contribution is 2.50. The van der Waals surface area contributed by atoms with Crippen LogP contribution in [0.5, 0.6) is 0 Å². The molecule has 0 spiro atoms. The van der Waals surface area contributed by atoms with Crippen LogP contribution in [0.3, 0.4) is 0 Å². The Morgan fingerprint density at radius 3 is 2.70 bits per heavy atom. The summed E-state index contributed by atoms with van der Waals surface area (Å²) in [5.74, 6) is -0.0244. The SMILES string of the molecule is CSc1ncc(C2(C(=O)O)CC2)c(NC2CCCC2)n1. The van der Waals surface area contributed by atoms with Gasteiger partial charge in [-0.25, -0.2) is 9.97 Å². The minimum absolute atomic E-state index is 0.419. The molecular formula is C14H19N3O2S. The van der Waals surface area contributed by atoms with Crippen molar-refractivity contribution >= 4 is 23.5 Å². The van der Waals surface area contributed by atoms with Crippen molar-refractivity contribution in [1.82, 2.24) is 9.97 Å². The number of hydrogen-bond acceptors (Lipinski definition) is 5. The number of nitrogens with zero attached hydrogens (tertiary/aromatic N) is 2. The van der Waals surface area contributed by atoms with Gasteiger partial charge in [-0.3, -0.25) is 4.79 Å². The van der Waals surface area contributed by atoms with Crippen LogP contribution in [0, 0.1) is 0 Å². The van der Waals surface area contributed by atoms with Crippen LogP contribution in [-0.2, 0) is 10.2 Å². The standard InChI is InChI=1S/C14H19N3O2S/c1-20-13-15-8-10(14(6-7-14)12(18)19)11(17-13)16-9-4-2-3-5-9/h8-9H,2-7H2,1H3,(H,18,19)(H,15,16,17). The molecule has 2 saturated carbocycles. The molecule has 0 aromatic carbocycles. The molecule has 1 heterocycles. The van der Waals surface area contributed by atoms with Crippen LogP contribution in [0.15, 0.2) is 11.4 Å². The molecule has 0 unspecified atom stereocenters. The van der Waals surface area contributed by atoms with Gasteiger partial charge in [0.15, 0.2) is 5.16 Å². The van der Waals surface area contributed by atoms with Gasteiger partial charge in [0.2, 0.25) is 0 Å². The second kappa shape index (κ2) is 5.24. The molecular weight excluding hydrogens is 274 g/mol. The van der Waals surface area contributed by atoms with Crippen molar-refractivity contribution in [2.45, 2.75) is 55.1 Å². The lowest BCUT2D eigenvalue weighted by molar-refractivity contribution is -0.140. The number of carboxylic acids is 1. The summed E-state index contributed by atoms with van der Waals surface area (Å²) >= 11 is 1.48. The molecule has 2 aliphatic rings. The Hall–Kier alpha value is -1.30. The number of anilines is 1. The van der Waals surface area contributed by atoms with Crippen molar-refractivity contribution in [1.29, 1.82) is 0 Å². The maximum atomic E-state index is 11.5. The van der Waals surface area contributed by atoms with Gasteiger partial charge in [0.25, 0.3) is 0 Å². The second-order valence-electron chi connectivity index (χ2n) is 5.63. The van der Waals surface area contributed by atoms with Crippen LogP contribution < -0.4 is 5.32 Å². The molecule has 3 rings (SSSR count). The molecule has 0 saturated heterocycles. The molecule has 1 aromatic heterocycles. The predicted molar refractivity (Wildman–Crippen MR) is 78.2 cm³/mol. The summed E-state index contributed by atoms with van der Waals surface area (Å²) in [6.07, 6.45) is 9.74. The first kappa shape index (κ1) is 13.7. The molecule has 2 aliphatic carbocycles. The fourth-order valence-corrected chi connectivity index (χ4v) is 3.25. The number of carboxylic acid groups (broad SMARTS) is 1. The molecule has 1 aromatic rings. The first-order valence-electron chi connectivity index (χ1n) is 7.07. The largest absolute Gasteiger partial charge is 0.481 e. The van der Waals surface area contributed by atoms with Crippen LogP contribution in [0.4, 0.5) is 5.82 Å². The highest BCUT2D eigenvalue weighted by molar-refractivity contribution is 7.98. The minimum Gasteiger partial charge on any atom is -0.481 e. The summed E-state index contributed by atoms with van der Waals surface area (Å²) in [6, 6.07) is 0.419. The Morgan fingerprint density at radius 2 is 2.15 bits per heavy atom. The van der Waals surface area contributed by atoms with E-state index in [1.807, 2.05) is 6.26 Å². The molecule has 0 bridgehead atoms. The van der Waals surface area contributed by atoms with Crippen molar-refractivity contribution in [3.63, 3.8) is 0 Å². The lowest BCUT2D eigenvalue weighted by atomic mass is 9.98. The van der Waals surface area contributed by atoms with Crippen LogP contribution in [-0.4, -0.2) is 33.3 Å². The van der Waals surface area contributed by atoms with Crippen molar-refractivity contribution in [3.05, 3.63) is 11.8 Å². The monoisotopic (exact) mass is 293 g/mol. The molecule has 6 heteroatoms. The summed E-state index contributed by atoms with van der Waals surface area (Å²) < 4.78 is 0. The van der Waals surface area contributed by atoms with Gasteiger partial charge in [-0.05, 0) is 31.9 Å². The Balaban J connectivity index is 1.94. The van der Waals surface area contributed by atoms with E-state index in [1.165, 1.54) is 24.6 Å². The van der Waals surface area contributed by atoms with E-state index in [4.69, 9.17) is 0 Å². The summed E-state index contributed by atoms with van der Waals surface area (Å²) in [5, 5.41) is 13.6. The second-order valence-corrected chi connectivity index (χ2v) is 6.41. The van der Waals surface area contributed by atoms with Crippen LogP contribution in [0.2, 0.25) is 0 Å². The van der Waals surface area contributed by atoms with Gasteiger partial charge in [0.1, 0.15) is 5.82 Å². The first-order chi connectivity index (χ1) is 9.65. The predicted octanol–water partition coefficient (Wildman–Crippen LogP) is 2.67. The van der Waals surface area contributed by atoms with E-state index in [2.05, 4.69) is 15.3 Å². The van der Waals surface area contributed by atoms with Crippen molar-refractivity contribution in [2.24, 2.45) is 0 Å². The molecule has 0 aliphatic heterocycles. The number of carbonyl (C=O) groups is 1. The molecule has 0 amide bonds. The van der Waals surface area contributed by atoms with Crippen molar-refractivity contribution in [2.75, 3.05) is 11.6 Å². The van der Waals surface area contributed by atoms with Crippen molar-refractivity contribution in [3.8, 4) is 0 Å². The third-order valence-corrected chi connectivity index (χ3v) is 4.88.